The smallest absolute Gasteiger partial charge is 0.315 e. The number of rotatable bonds is 3. The van der Waals surface area contributed by atoms with Gasteiger partial charge in [-0.2, -0.15) is 0 Å². The Kier molecular flexibility index (Phi) is 3.25. The van der Waals surface area contributed by atoms with Crippen LogP contribution in [0.4, 0.5) is 11.4 Å². The number of fused-ring (bicyclic) bond motifs is 1. The lowest BCUT2D eigenvalue weighted by atomic mass is 10.1. The number of hydrogen-bond acceptors (Lipinski definition) is 3. The highest BCUT2D eigenvalue weighted by atomic mass is 16.4. The lowest BCUT2D eigenvalue weighted by Crippen LogP contribution is -2.26. The summed E-state index contributed by atoms with van der Waals surface area (Å²) in [5.74, 6) is -2.87. The molecule has 6 heteroatoms. The first-order chi connectivity index (χ1) is 8.90. The molecule has 0 spiro atoms. The standard InChI is InChI=1S/C13H14N2O4/c1-7(13(18)19)12(17)14-9-3-4-10-8(5-9)6-11(16)15(10)2/h3-5,7H,6H2,1-2H3,(H,14,17)(H,18,19). The van der Waals surface area contributed by atoms with Gasteiger partial charge in [0.1, 0.15) is 5.92 Å². The maximum absolute atomic E-state index is 11.6. The summed E-state index contributed by atoms with van der Waals surface area (Å²) >= 11 is 0. The number of likely N-dealkylation sites (N-methyl/N-ethyl adjacent to an activating group) is 1. The molecule has 0 radical (unpaired) electrons. The molecule has 1 aliphatic heterocycles. The van der Waals surface area contributed by atoms with Gasteiger partial charge < -0.3 is 15.3 Å². The Labute approximate surface area is 110 Å². The van der Waals surface area contributed by atoms with Crippen molar-refractivity contribution in [2.75, 3.05) is 17.3 Å². The molecule has 0 saturated heterocycles. The fourth-order valence-corrected chi connectivity index (χ4v) is 1.91. The number of carboxylic acids is 1. The number of aliphatic carboxylic acids is 1. The average molecular weight is 262 g/mol. The number of hydrogen-bond donors (Lipinski definition) is 2. The summed E-state index contributed by atoms with van der Waals surface area (Å²) in [5.41, 5.74) is 2.14. The molecular weight excluding hydrogens is 248 g/mol. The monoisotopic (exact) mass is 262 g/mol. The van der Waals surface area contributed by atoms with Gasteiger partial charge in [-0.15, -0.1) is 0 Å². The van der Waals surface area contributed by atoms with Gasteiger partial charge in [0.2, 0.25) is 11.8 Å². The molecule has 2 N–H and O–H groups in total. The Balaban J connectivity index is 2.17. The molecule has 1 heterocycles. The van der Waals surface area contributed by atoms with Crippen LogP contribution >= 0.6 is 0 Å². The van der Waals surface area contributed by atoms with Crippen LogP contribution in [0.1, 0.15) is 12.5 Å². The fourth-order valence-electron chi connectivity index (χ4n) is 1.91. The van der Waals surface area contributed by atoms with Crippen LogP contribution in [0.25, 0.3) is 0 Å². The first kappa shape index (κ1) is 13.1. The molecule has 1 unspecified atom stereocenters. The van der Waals surface area contributed by atoms with Gasteiger partial charge in [0, 0.05) is 18.4 Å². The van der Waals surface area contributed by atoms with E-state index < -0.39 is 17.8 Å². The van der Waals surface area contributed by atoms with E-state index in [9.17, 15) is 14.4 Å². The van der Waals surface area contributed by atoms with Crippen LogP contribution in [-0.2, 0) is 20.8 Å². The molecule has 0 bridgehead atoms. The number of nitrogens with one attached hydrogen (secondary N) is 1. The van der Waals surface area contributed by atoms with Crippen molar-refractivity contribution in [2.24, 2.45) is 5.92 Å². The highest BCUT2D eigenvalue weighted by molar-refractivity contribution is 6.05. The molecule has 0 aromatic heterocycles. The lowest BCUT2D eigenvalue weighted by Gasteiger charge is -2.12. The van der Waals surface area contributed by atoms with Crippen LogP contribution in [-0.4, -0.2) is 29.9 Å². The Hall–Kier alpha value is -2.37. The second kappa shape index (κ2) is 4.72. The summed E-state index contributed by atoms with van der Waals surface area (Å²) in [6, 6.07) is 5.09. The van der Waals surface area contributed by atoms with Crippen molar-refractivity contribution in [3.63, 3.8) is 0 Å². The molecule has 2 rings (SSSR count). The first-order valence-electron chi connectivity index (χ1n) is 5.83. The minimum Gasteiger partial charge on any atom is -0.481 e. The summed E-state index contributed by atoms with van der Waals surface area (Å²) < 4.78 is 0. The number of carbonyl (C=O) groups is 3. The van der Waals surface area contributed by atoms with E-state index in [-0.39, 0.29) is 5.91 Å². The number of carbonyl (C=O) groups excluding carboxylic acids is 2. The molecule has 0 aliphatic carbocycles. The molecule has 0 fully saturated rings. The largest absolute Gasteiger partial charge is 0.481 e. The molecule has 2 amide bonds. The number of anilines is 2. The summed E-state index contributed by atoms with van der Waals surface area (Å²) in [4.78, 5) is 35.4. The van der Waals surface area contributed by atoms with Gasteiger partial charge in [0.05, 0.1) is 6.42 Å². The Morgan fingerprint density at radius 2 is 2.11 bits per heavy atom. The average Bonchev–Trinajstić information content (AvgIpc) is 2.63. The zero-order valence-corrected chi connectivity index (χ0v) is 10.6. The van der Waals surface area contributed by atoms with Crippen LogP contribution in [0, 0.1) is 5.92 Å². The SMILES string of the molecule is CC(C(=O)O)C(=O)Nc1ccc2c(c1)CC(=O)N2C. The second-order valence-electron chi connectivity index (χ2n) is 4.52. The van der Waals surface area contributed by atoms with Crippen molar-refractivity contribution < 1.29 is 19.5 Å². The van der Waals surface area contributed by atoms with E-state index in [2.05, 4.69) is 5.32 Å². The molecular formula is C13H14N2O4. The fraction of sp³-hybridized carbons (Fsp3) is 0.308. The molecule has 0 saturated carbocycles. The van der Waals surface area contributed by atoms with Gasteiger partial charge in [-0.1, -0.05) is 0 Å². The van der Waals surface area contributed by atoms with Crippen LogP contribution in [0.3, 0.4) is 0 Å². The van der Waals surface area contributed by atoms with E-state index in [0.717, 1.165) is 11.3 Å². The zero-order valence-electron chi connectivity index (χ0n) is 10.6. The van der Waals surface area contributed by atoms with Crippen LogP contribution < -0.4 is 10.2 Å². The predicted octanol–water partition coefficient (Wildman–Crippen LogP) is 0.865. The van der Waals surface area contributed by atoms with Crippen molar-refractivity contribution in [1.29, 1.82) is 0 Å². The highest BCUT2D eigenvalue weighted by Crippen LogP contribution is 2.30. The molecule has 1 aliphatic rings. The molecule has 1 aromatic carbocycles. The van der Waals surface area contributed by atoms with E-state index in [0.29, 0.717) is 12.1 Å². The van der Waals surface area contributed by atoms with Gasteiger partial charge in [-0.25, -0.2) is 0 Å². The summed E-state index contributed by atoms with van der Waals surface area (Å²) in [5, 5.41) is 11.3. The van der Waals surface area contributed by atoms with E-state index in [1.807, 2.05) is 0 Å². The van der Waals surface area contributed by atoms with E-state index in [1.165, 1.54) is 6.92 Å². The lowest BCUT2D eigenvalue weighted by molar-refractivity contribution is -0.144. The third-order valence-corrected chi connectivity index (χ3v) is 3.19. The van der Waals surface area contributed by atoms with Gasteiger partial charge in [0.25, 0.3) is 0 Å². The molecule has 6 nitrogen and oxygen atoms in total. The zero-order chi connectivity index (χ0) is 14.2. The van der Waals surface area contributed by atoms with Crippen molar-refractivity contribution in [3.8, 4) is 0 Å². The second-order valence-corrected chi connectivity index (χ2v) is 4.52. The first-order valence-corrected chi connectivity index (χ1v) is 5.83. The molecule has 1 aromatic rings. The van der Waals surface area contributed by atoms with Gasteiger partial charge in [-0.3, -0.25) is 14.4 Å². The van der Waals surface area contributed by atoms with Crippen LogP contribution in [0.5, 0.6) is 0 Å². The molecule has 19 heavy (non-hydrogen) atoms. The summed E-state index contributed by atoms with van der Waals surface area (Å²) in [6.07, 6.45) is 0.296. The highest BCUT2D eigenvalue weighted by Gasteiger charge is 2.25. The van der Waals surface area contributed by atoms with Crippen molar-refractivity contribution in [2.45, 2.75) is 13.3 Å². The number of carboxylic acid groups (broad SMARTS) is 1. The summed E-state index contributed by atoms with van der Waals surface area (Å²) in [7, 11) is 1.69. The van der Waals surface area contributed by atoms with E-state index >= 15 is 0 Å². The number of benzene rings is 1. The predicted molar refractivity (Wildman–Crippen MR) is 69.0 cm³/mol. The minimum absolute atomic E-state index is 0.00243. The van der Waals surface area contributed by atoms with Crippen molar-refractivity contribution in [1.82, 2.24) is 0 Å². The molecule has 100 valence electrons. The molecule has 1 atom stereocenters. The topological polar surface area (TPSA) is 86.7 Å². The third-order valence-electron chi connectivity index (χ3n) is 3.19. The van der Waals surface area contributed by atoms with Gasteiger partial charge in [-0.05, 0) is 30.7 Å². The van der Waals surface area contributed by atoms with Crippen molar-refractivity contribution >= 4 is 29.2 Å². The maximum Gasteiger partial charge on any atom is 0.315 e. The normalized spacial score (nSPS) is 15.1. The third kappa shape index (κ3) is 2.42. The van der Waals surface area contributed by atoms with Gasteiger partial charge >= 0.3 is 5.97 Å². The van der Waals surface area contributed by atoms with E-state index in [4.69, 9.17) is 5.11 Å². The Morgan fingerprint density at radius 3 is 2.74 bits per heavy atom. The minimum atomic E-state index is -1.17. The van der Waals surface area contributed by atoms with Gasteiger partial charge in [0.15, 0.2) is 0 Å². The van der Waals surface area contributed by atoms with E-state index in [1.54, 1.807) is 30.1 Å². The maximum atomic E-state index is 11.6. The van der Waals surface area contributed by atoms with Crippen LogP contribution in [0.2, 0.25) is 0 Å². The quantitative estimate of drug-likeness (QED) is 0.791. The Bertz CT molecular complexity index is 568. The summed E-state index contributed by atoms with van der Waals surface area (Å²) in [6.45, 7) is 1.32. The number of amides is 2. The number of nitrogens with zero attached hydrogens (tertiary/aromatic N) is 1. The van der Waals surface area contributed by atoms with Crippen LogP contribution in [0.15, 0.2) is 18.2 Å². The Morgan fingerprint density at radius 1 is 1.42 bits per heavy atom. The van der Waals surface area contributed by atoms with Crippen molar-refractivity contribution in [3.05, 3.63) is 23.8 Å².